The van der Waals surface area contributed by atoms with Crippen LogP contribution in [0.1, 0.15) is 22.5 Å². The van der Waals surface area contributed by atoms with Gasteiger partial charge in [0.2, 0.25) is 0 Å². The molecule has 1 aliphatic rings. The van der Waals surface area contributed by atoms with Gasteiger partial charge in [-0.05, 0) is 32.9 Å². The van der Waals surface area contributed by atoms with Crippen LogP contribution in [0.15, 0.2) is 29.3 Å². The first kappa shape index (κ1) is 19.6. The molecule has 0 amide bonds. The van der Waals surface area contributed by atoms with Crippen molar-refractivity contribution in [3.8, 4) is 0 Å². The molecular weight excluding hydrogens is 361 g/mol. The molecule has 1 aromatic heterocycles. The largest absolute Gasteiger partial charge is 0.366 e. The van der Waals surface area contributed by atoms with Crippen molar-refractivity contribution in [2.45, 2.75) is 27.2 Å². The molecule has 3 rings (SSSR count). The number of piperazine rings is 1. The van der Waals surface area contributed by atoms with Gasteiger partial charge in [-0.25, -0.2) is 9.37 Å². The quantitative estimate of drug-likeness (QED) is 0.630. The van der Waals surface area contributed by atoms with Crippen LogP contribution in [-0.2, 0) is 6.42 Å². The van der Waals surface area contributed by atoms with Gasteiger partial charge in [0.15, 0.2) is 5.96 Å². The van der Waals surface area contributed by atoms with Crippen molar-refractivity contribution in [2.75, 3.05) is 44.2 Å². The summed E-state index contributed by atoms with van der Waals surface area (Å²) in [6.07, 6.45) is 0.918. The normalized spacial score (nSPS) is 15.3. The van der Waals surface area contributed by atoms with Crippen LogP contribution in [0.2, 0.25) is 0 Å². The molecule has 5 nitrogen and oxygen atoms in total. The molecule has 1 N–H and O–H groups in total. The van der Waals surface area contributed by atoms with Crippen LogP contribution in [0.25, 0.3) is 0 Å². The van der Waals surface area contributed by atoms with Crippen LogP contribution < -0.4 is 10.2 Å². The van der Waals surface area contributed by atoms with E-state index < -0.39 is 0 Å². The zero-order valence-corrected chi connectivity index (χ0v) is 17.2. The average Bonchev–Trinajstić information content (AvgIpc) is 2.99. The summed E-state index contributed by atoms with van der Waals surface area (Å²) in [4.78, 5) is 15.0. The first-order chi connectivity index (χ1) is 13.1. The van der Waals surface area contributed by atoms with E-state index in [0.29, 0.717) is 5.69 Å². The van der Waals surface area contributed by atoms with Crippen molar-refractivity contribution in [1.82, 2.24) is 15.2 Å². The number of hydrogen-bond acceptors (Lipinski definition) is 4. The second kappa shape index (κ2) is 9.17. The zero-order chi connectivity index (χ0) is 19.2. The third-order valence-electron chi connectivity index (χ3n) is 4.71. The zero-order valence-electron chi connectivity index (χ0n) is 16.3. The molecule has 0 aliphatic carbocycles. The van der Waals surface area contributed by atoms with Gasteiger partial charge < -0.3 is 15.1 Å². The average molecular weight is 390 g/mol. The van der Waals surface area contributed by atoms with Crippen LogP contribution >= 0.6 is 11.3 Å². The Morgan fingerprint density at radius 1 is 1.22 bits per heavy atom. The van der Waals surface area contributed by atoms with E-state index in [1.165, 1.54) is 10.9 Å². The van der Waals surface area contributed by atoms with Gasteiger partial charge in [-0.1, -0.05) is 12.1 Å². The van der Waals surface area contributed by atoms with Gasteiger partial charge in [0.25, 0.3) is 0 Å². The summed E-state index contributed by atoms with van der Waals surface area (Å²) in [6, 6.07) is 7.00. The highest BCUT2D eigenvalue weighted by atomic mass is 32.1. The number of rotatable bonds is 5. The van der Waals surface area contributed by atoms with Gasteiger partial charge in [0.1, 0.15) is 5.82 Å². The Balaban J connectivity index is 1.59. The second-order valence-corrected chi connectivity index (χ2v) is 7.94. The van der Waals surface area contributed by atoms with E-state index in [1.54, 1.807) is 17.4 Å². The number of nitrogens with zero attached hydrogens (tertiary/aromatic N) is 4. The van der Waals surface area contributed by atoms with Gasteiger partial charge in [-0.2, -0.15) is 0 Å². The highest BCUT2D eigenvalue weighted by molar-refractivity contribution is 7.11. The van der Waals surface area contributed by atoms with Crippen molar-refractivity contribution < 1.29 is 4.39 Å². The van der Waals surface area contributed by atoms with E-state index in [2.05, 4.69) is 33.9 Å². The maximum Gasteiger partial charge on any atom is 0.194 e. The standard InChI is InChI=1S/C20H28FN5S/c1-4-22-20(23-10-9-19-15(2)24-16(3)27-19)26-13-11-25(12-14-26)18-8-6-5-7-17(18)21/h5-8H,4,9-14H2,1-3H3,(H,22,23). The fraction of sp³-hybridized carbons (Fsp3) is 0.500. The van der Waals surface area contributed by atoms with Gasteiger partial charge >= 0.3 is 0 Å². The number of aliphatic imine (C=N–C) groups is 1. The topological polar surface area (TPSA) is 43.8 Å². The molecular formula is C20H28FN5S. The van der Waals surface area contributed by atoms with E-state index >= 15 is 0 Å². The minimum Gasteiger partial charge on any atom is -0.366 e. The number of halogens is 1. The van der Waals surface area contributed by atoms with Crippen LogP contribution in [0.3, 0.4) is 0 Å². The van der Waals surface area contributed by atoms with Crippen molar-refractivity contribution in [3.05, 3.63) is 45.7 Å². The third-order valence-corrected chi connectivity index (χ3v) is 5.84. The lowest BCUT2D eigenvalue weighted by Gasteiger charge is -2.37. The number of benzene rings is 1. The lowest BCUT2D eigenvalue weighted by atomic mass is 10.2. The van der Waals surface area contributed by atoms with Crippen LogP contribution in [-0.4, -0.2) is 55.1 Å². The first-order valence-corrected chi connectivity index (χ1v) is 10.4. The SMILES string of the molecule is CCNC(=NCCc1sc(C)nc1C)N1CCN(c2ccccc2F)CC1. The minimum absolute atomic E-state index is 0.151. The number of guanidine groups is 1. The van der Waals surface area contributed by atoms with Crippen LogP contribution in [0.4, 0.5) is 10.1 Å². The van der Waals surface area contributed by atoms with E-state index in [0.717, 1.165) is 62.4 Å². The molecule has 1 fully saturated rings. The van der Waals surface area contributed by atoms with Crippen molar-refractivity contribution in [1.29, 1.82) is 0 Å². The van der Waals surface area contributed by atoms with Gasteiger partial charge in [-0.3, -0.25) is 4.99 Å². The number of aromatic nitrogens is 1. The summed E-state index contributed by atoms with van der Waals surface area (Å²) >= 11 is 1.76. The molecule has 27 heavy (non-hydrogen) atoms. The number of thiazole rings is 1. The van der Waals surface area contributed by atoms with Crippen LogP contribution in [0.5, 0.6) is 0 Å². The molecule has 1 aromatic carbocycles. The molecule has 0 spiro atoms. The molecule has 0 radical (unpaired) electrons. The molecule has 2 aromatic rings. The number of nitrogens with one attached hydrogen (secondary N) is 1. The molecule has 2 heterocycles. The predicted octanol–water partition coefficient (Wildman–Crippen LogP) is 3.23. The minimum atomic E-state index is -0.151. The molecule has 7 heteroatoms. The molecule has 1 saturated heterocycles. The lowest BCUT2D eigenvalue weighted by molar-refractivity contribution is 0.371. The highest BCUT2D eigenvalue weighted by Crippen LogP contribution is 2.20. The smallest absolute Gasteiger partial charge is 0.194 e. The molecule has 0 saturated carbocycles. The summed E-state index contributed by atoms with van der Waals surface area (Å²) in [5.74, 6) is 0.798. The van der Waals surface area contributed by atoms with Crippen molar-refractivity contribution in [3.63, 3.8) is 0 Å². The lowest BCUT2D eigenvalue weighted by Crippen LogP contribution is -2.52. The Labute approximate surface area is 164 Å². The molecule has 0 bridgehead atoms. The van der Waals surface area contributed by atoms with Crippen molar-refractivity contribution >= 4 is 23.0 Å². The maximum absolute atomic E-state index is 14.0. The first-order valence-electron chi connectivity index (χ1n) is 9.54. The fourth-order valence-electron chi connectivity index (χ4n) is 3.36. The van der Waals surface area contributed by atoms with Crippen LogP contribution in [0, 0.1) is 19.7 Å². The van der Waals surface area contributed by atoms with E-state index in [1.807, 2.05) is 19.1 Å². The maximum atomic E-state index is 14.0. The van der Waals surface area contributed by atoms with Crippen molar-refractivity contribution in [2.24, 2.45) is 4.99 Å². The summed E-state index contributed by atoms with van der Waals surface area (Å²) in [5, 5.41) is 4.51. The number of anilines is 1. The third kappa shape index (κ3) is 4.97. The Morgan fingerprint density at radius 2 is 1.96 bits per heavy atom. The highest BCUT2D eigenvalue weighted by Gasteiger charge is 2.21. The predicted molar refractivity (Wildman–Crippen MR) is 111 cm³/mol. The van der Waals surface area contributed by atoms with E-state index in [4.69, 9.17) is 4.99 Å². The number of hydrogen-bond donors (Lipinski definition) is 1. The molecule has 146 valence electrons. The Morgan fingerprint density at radius 3 is 2.59 bits per heavy atom. The number of para-hydroxylation sites is 1. The van der Waals surface area contributed by atoms with E-state index in [9.17, 15) is 4.39 Å². The molecule has 0 unspecified atom stereocenters. The second-order valence-electron chi connectivity index (χ2n) is 6.65. The Hall–Kier alpha value is -2.15. The summed E-state index contributed by atoms with van der Waals surface area (Å²) in [6.45, 7) is 11.0. The van der Waals surface area contributed by atoms with Gasteiger partial charge in [0.05, 0.1) is 16.4 Å². The Bertz CT molecular complexity index is 780. The summed E-state index contributed by atoms with van der Waals surface area (Å²) in [5.41, 5.74) is 1.81. The summed E-state index contributed by atoms with van der Waals surface area (Å²) < 4.78 is 14.0. The molecule has 1 aliphatic heterocycles. The van der Waals surface area contributed by atoms with E-state index in [-0.39, 0.29) is 5.82 Å². The monoisotopic (exact) mass is 389 g/mol. The fourth-order valence-corrected chi connectivity index (χ4v) is 4.29. The number of aryl methyl sites for hydroxylation is 2. The molecule has 0 atom stereocenters. The Kier molecular flexibility index (Phi) is 6.66. The van der Waals surface area contributed by atoms with Gasteiger partial charge in [-0.15, -0.1) is 11.3 Å². The summed E-state index contributed by atoms with van der Waals surface area (Å²) in [7, 11) is 0. The van der Waals surface area contributed by atoms with Gasteiger partial charge in [0, 0.05) is 50.6 Å².